The average Bonchev–Trinajstić information content (AvgIpc) is 2.67. The van der Waals surface area contributed by atoms with Crippen LogP contribution in [0, 0.1) is 0 Å². The van der Waals surface area contributed by atoms with Crippen molar-refractivity contribution >= 4 is 50.9 Å². The number of benzene rings is 2. The molecule has 0 saturated carbocycles. The fourth-order valence-electron chi connectivity index (χ4n) is 2.18. The highest BCUT2D eigenvalue weighted by atomic mass is 35.5. The summed E-state index contributed by atoms with van der Waals surface area (Å²) in [4.78, 5) is 24.8. The Balaban J connectivity index is 1.89. The van der Waals surface area contributed by atoms with Crippen molar-refractivity contribution in [3.8, 4) is 0 Å². The summed E-state index contributed by atoms with van der Waals surface area (Å²) in [5.41, 5.74) is 0.610. The number of ether oxygens (including phenoxy) is 1. The van der Waals surface area contributed by atoms with Gasteiger partial charge < -0.3 is 10.1 Å². The zero-order valence-electron chi connectivity index (χ0n) is 15.2. The highest BCUT2D eigenvalue weighted by Gasteiger charge is 2.23. The number of anilines is 1. The molecule has 1 N–H and O–H groups in total. The summed E-state index contributed by atoms with van der Waals surface area (Å²) < 4.78 is 30.6. The maximum atomic E-state index is 12.4. The minimum Gasteiger partial charge on any atom is -0.455 e. The lowest BCUT2D eigenvalue weighted by Gasteiger charge is -2.16. The fourth-order valence-corrected chi connectivity index (χ4v) is 3.97. The number of carbonyl (C=O) groups is 2. The first-order valence-electron chi connectivity index (χ1n) is 8.04. The number of halogens is 1. The number of thioether (sulfide) groups is 1. The molecule has 2 rings (SSSR count). The quantitative estimate of drug-likeness (QED) is 0.499. The Morgan fingerprint density at radius 3 is 2.43 bits per heavy atom. The van der Waals surface area contributed by atoms with Crippen LogP contribution in [0.15, 0.2) is 58.3 Å². The van der Waals surface area contributed by atoms with Crippen LogP contribution in [0.4, 0.5) is 5.69 Å². The third kappa shape index (κ3) is 5.96. The maximum absolute atomic E-state index is 12.4. The molecule has 7 nitrogen and oxygen atoms in total. The van der Waals surface area contributed by atoms with Crippen LogP contribution in [0.5, 0.6) is 0 Å². The number of hydrogen-bond donors (Lipinski definition) is 1. The van der Waals surface area contributed by atoms with Gasteiger partial charge in [-0.2, -0.15) is 4.31 Å². The van der Waals surface area contributed by atoms with Gasteiger partial charge >= 0.3 is 5.97 Å². The largest absolute Gasteiger partial charge is 0.455 e. The third-order valence-electron chi connectivity index (χ3n) is 3.62. The Morgan fingerprint density at radius 2 is 1.79 bits per heavy atom. The standard InChI is InChI=1S/C18H19ClN2O5S2/c1-21(28(24,25)14-9-7-13(19)8-10-14)11-18(23)26-12-17(22)20-15-5-3-4-6-16(15)27-2/h3-10H,11-12H2,1-2H3,(H,20,22). The number of para-hydroxylation sites is 1. The topological polar surface area (TPSA) is 92.8 Å². The van der Waals surface area contributed by atoms with Gasteiger partial charge in [0.1, 0.15) is 6.54 Å². The highest BCUT2D eigenvalue weighted by molar-refractivity contribution is 7.98. The van der Waals surface area contributed by atoms with Gasteiger partial charge in [-0.05, 0) is 42.7 Å². The number of rotatable bonds is 8. The lowest BCUT2D eigenvalue weighted by Crippen LogP contribution is -2.34. The van der Waals surface area contributed by atoms with Gasteiger partial charge in [-0.25, -0.2) is 8.42 Å². The molecule has 0 aromatic heterocycles. The predicted octanol–water partition coefficient (Wildman–Crippen LogP) is 2.86. The summed E-state index contributed by atoms with van der Waals surface area (Å²) in [5, 5.41) is 3.05. The van der Waals surface area contributed by atoms with Gasteiger partial charge in [-0.1, -0.05) is 23.7 Å². The van der Waals surface area contributed by atoms with Crippen LogP contribution in [0.25, 0.3) is 0 Å². The zero-order chi connectivity index (χ0) is 20.7. The van der Waals surface area contributed by atoms with Crippen molar-refractivity contribution in [1.29, 1.82) is 0 Å². The van der Waals surface area contributed by atoms with E-state index < -0.39 is 35.1 Å². The van der Waals surface area contributed by atoms with Gasteiger partial charge in [0.2, 0.25) is 10.0 Å². The smallest absolute Gasteiger partial charge is 0.321 e. The van der Waals surface area contributed by atoms with E-state index in [0.29, 0.717) is 10.7 Å². The first kappa shape index (κ1) is 22.2. The molecule has 0 atom stereocenters. The maximum Gasteiger partial charge on any atom is 0.321 e. The van der Waals surface area contributed by atoms with Crippen LogP contribution in [-0.4, -0.2) is 51.1 Å². The summed E-state index contributed by atoms with van der Waals surface area (Å²) in [5.74, 6) is -1.36. The molecule has 2 aromatic rings. The van der Waals surface area contributed by atoms with Gasteiger partial charge in [-0.3, -0.25) is 9.59 Å². The summed E-state index contributed by atoms with van der Waals surface area (Å²) in [6, 6.07) is 12.8. The lowest BCUT2D eigenvalue weighted by molar-refractivity contribution is -0.147. The van der Waals surface area contributed by atoms with Gasteiger partial charge in [-0.15, -0.1) is 11.8 Å². The molecule has 150 valence electrons. The Hall–Kier alpha value is -2.07. The first-order valence-corrected chi connectivity index (χ1v) is 11.1. The molecule has 0 unspecified atom stereocenters. The summed E-state index contributed by atoms with van der Waals surface area (Å²) in [6.07, 6.45) is 1.88. The number of carbonyl (C=O) groups excluding carboxylic acids is 2. The van der Waals surface area contributed by atoms with Crippen LogP contribution < -0.4 is 5.32 Å². The average molecular weight is 443 g/mol. The van der Waals surface area contributed by atoms with E-state index in [-0.39, 0.29) is 4.90 Å². The number of nitrogens with one attached hydrogen (secondary N) is 1. The second kappa shape index (κ2) is 9.92. The second-order valence-electron chi connectivity index (χ2n) is 5.62. The molecule has 1 amide bonds. The molecule has 0 fully saturated rings. The minimum atomic E-state index is -3.88. The Labute approximate surface area is 173 Å². The molecule has 0 aliphatic rings. The van der Waals surface area contributed by atoms with E-state index in [9.17, 15) is 18.0 Å². The third-order valence-corrected chi connectivity index (χ3v) is 6.48. The van der Waals surface area contributed by atoms with Gasteiger partial charge in [0.15, 0.2) is 6.61 Å². The highest BCUT2D eigenvalue weighted by Crippen LogP contribution is 2.24. The molecule has 0 bridgehead atoms. The van der Waals surface area contributed by atoms with Crippen molar-refractivity contribution in [2.75, 3.05) is 31.8 Å². The molecule has 0 heterocycles. The van der Waals surface area contributed by atoms with E-state index in [0.717, 1.165) is 9.20 Å². The van der Waals surface area contributed by atoms with E-state index in [4.69, 9.17) is 16.3 Å². The molecule has 10 heteroatoms. The monoisotopic (exact) mass is 442 g/mol. The van der Waals surface area contributed by atoms with Crippen LogP contribution in [-0.2, 0) is 24.3 Å². The fraction of sp³-hybridized carbons (Fsp3) is 0.222. The second-order valence-corrected chi connectivity index (χ2v) is 8.95. The summed E-state index contributed by atoms with van der Waals surface area (Å²) >= 11 is 7.22. The molecule has 2 aromatic carbocycles. The van der Waals surface area contributed by atoms with Crippen molar-refractivity contribution in [3.63, 3.8) is 0 Å². The van der Waals surface area contributed by atoms with E-state index in [1.807, 2.05) is 18.4 Å². The SMILES string of the molecule is CSc1ccccc1NC(=O)COC(=O)CN(C)S(=O)(=O)c1ccc(Cl)cc1. The number of likely N-dealkylation sites (N-methyl/N-ethyl adjacent to an activating group) is 1. The van der Waals surface area contributed by atoms with Crippen molar-refractivity contribution in [2.45, 2.75) is 9.79 Å². The van der Waals surface area contributed by atoms with E-state index in [1.54, 1.807) is 12.1 Å². The van der Waals surface area contributed by atoms with Gasteiger partial charge in [0, 0.05) is 17.0 Å². The first-order chi connectivity index (χ1) is 13.2. The number of sulfonamides is 1. The van der Waals surface area contributed by atoms with E-state index >= 15 is 0 Å². The number of amides is 1. The number of esters is 1. The molecule has 0 aliphatic heterocycles. The zero-order valence-corrected chi connectivity index (χ0v) is 17.6. The molecule has 0 radical (unpaired) electrons. The van der Waals surface area contributed by atoms with Crippen LogP contribution in [0.2, 0.25) is 5.02 Å². The molecule has 0 spiro atoms. The summed E-state index contributed by atoms with van der Waals surface area (Å²) in [7, 11) is -2.63. The van der Waals surface area contributed by atoms with E-state index in [1.165, 1.54) is 43.1 Å². The minimum absolute atomic E-state index is 0.00128. The molecular formula is C18H19ClN2O5S2. The molecule has 0 aliphatic carbocycles. The van der Waals surface area contributed by atoms with Gasteiger partial charge in [0.05, 0.1) is 10.6 Å². The molecular weight excluding hydrogens is 424 g/mol. The van der Waals surface area contributed by atoms with Crippen molar-refractivity contribution in [1.82, 2.24) is 4.31 Å². The van der Waals surface area contributed by atoms with Crippen LogP contribution in [0.3, 0.4) is 0 Å². The van der Waals surface area contributed by atoms with Crippen molar-refractivity contribution in [2.24, 2.45) is 0 Å². The molecule has 28 heavy (non-hydrogen) atoms. The predicted molar refractivity (Wildman–Crippen MR) is 109 cm³/mol. The van der Waals surface area contributed by atoms with E-state index in [2.05, 4.69) is 5.32 Å². The molecule has 0 saturated heterocycles. The normalized spacial score (nSPS) is 11.3. The summed E-state index contributed by atoms with van der Waals surface area (Å²) in [6.45, 7) is -1.05. The van der Waals surface area contributed by atoms with Crippen LogP contribution in [0.1, 0.15) is 0 Å². The van der Waals surface area contributed by atoms with Crippen LogP contribution >= 0.6 is 23.4 Å². The Morgan fingerprint density at radius 1 is 1.14 bits per heavy atom. The van der Waals surface area contributed by atoms with Crippen molar-refractivity contribution in [3.05, 3.63) is 53.6 Å². The van der Waals surface area contributed by atoms with Crippen molar-refractivity contribution < 1.29 is 22.7 Å². The Bertz CT molecular complexity index is 949. The number of nitrogens with zero attached hydrogens (tertiary/aromatic N) is 1. The lowest BCUT2D eigenvalue weighted by atomic mass is 10.3. The van der Waals surface area contributed by atoms with Gasteiger partial charge in [0.25, 0.3) is 5.91 Å². The number of hydrogen-bond acceptors (Lipinski definition) is 6. The Kier molecular flexibility index (Phi) is 7.88.